The lowest BCUT2D eigenvalue weighted by molar-refractivity contribution is -0.137. The van der Waals surface area contributed by atoms with Gasteiger partial charge in [0.15, 0.2) is 0 Å². The number of hydrogen-bond donors (Lipinski definition) is 2. The van der Waals surface area contributed by atoms with Gasteiger partial charge < -0.3 is 24.6 Å². The van der Waals surface area contributed by atoms with Gasteiger partial charge in [0.1, 0.15) is 24.0 Å². The van der Waals surface area contributed by atoms with Crippen molar-refractivity contribution in [3.63, 3.8) is 0 Å². The highest BCUT2D eigenvalue weighted by molar-refractivity contribution is 5.89. The minimum atomic E-state index is -4.80. The fourth-order valence-corrected chi connectivity index (χ4v) is 4.81. The zero-order valence-corrected chi connectivity index (χ0v) is 23.9. The molecule has 0 saturated carbocycles. The first-order valence-corrected chi connectivity index (χ1v) is 14.2. The molecule has 228 valence electrons. The van der Waals surface area contributed by atoms with Crippen LogP contribution in [0, 0.1) is 0 Å². The highest BCUT2D eigenvalue weighted by atomic mass is 19.4. The van der Waals surface area contributed by atoms with Gasteiger partial charge in [-0.05, 0) is 28.8 Å². The maximum Gasteiger partial charge on any atom is 0.431 e. The molecule has 0 aromatic heterocycles. The number of aliphatic imine (C=N–C) groups is 1. The first-order valence-electron chi connectivity index (χ1n) is 14.2. The molecular weight excluding hydrogens is 569 g/mol. The van der Waals surface area contributed by atoms with E-state index in [1.165, 1.54) is 6.07 Å². The van der Waals surface area contributed by atoms with Crippen LogP contribution in [0.2, 0.25) is 0 Å². The van der Waals surface area contributed by atoms with Gasteiger partial charge in [0.05, 0.1) is 37.8 Å². The second-order valence-corrected chi connectivity index (χ2v) is 10.3. The summed E-state index contributed by atoms with van der Waals surface area (Å²) in [5.74, 6) is 0. The lowest BCUT2D eigenvalue weighted by Gasteiger charge is -2.33. The Morgan fingerprint density at radius 2 is 1.20 bits per heavy atom. The number of ether oxygens (including phenoxy) is 3. The zero-order valence-electron chi connectivity index (χ0n) is 23.9. The van der Waals surface area contributed by atoms with E-state index in [-0.39, 0.29) is 37.7 Å². The average molecular weight is 603 g/mol. The quantitative estimate of drug-likeness (QED) is 0.167. The average Bonchev–Trinajstić information content (AvgIpc) is 3.24. The van der Waals surface area contributed by atoms with E-state index in [1.54, 1.807) is 18.2 Å². The maximum atomic E-state index is 14.7. The van der Waals surface area contributed by atoms with Crippen molar-refractivity contribution in [1.29, 1.82) is 0 Å². The second kappa shape index (κ2) is 14.9. The van der Waals surface area contributed by atoms with Crippen molar-refractivity contribution in [3.8, 4) is 0 Å². The Balaban J connectivity index is 1.52. The number of alkyl halides is 3. The predicted molar refractivity (Wildman–Crippen MR) is 163 cm³/mol. The molecule has 0 aliphatic carbocycles. The first kappa shape index (κ1) is 31.2. The van der Waals surface area contributed by atoms with Gasteiger partial charge in [0.25, 0.3) is 0 Å². The molecule has 1 aliphatic heterocycles. The highest BCUT2D eigenvalue weighted by Gasteiger charge is 2.43. The molecule has 0 fully saturated rings. The van der Waals surface area contributed by atoms with E-state index in [9.17, 15) is 18.3 Å². The maximum absolute atomic E-state index is 14.7. The van der Waals surface area contributed by atoms with Gasteiger partial charge in [-0.15, -0.1) is 0 Å². The number of fused-ring (bicyclic) bond motifs is 1. The Morgan fingerprint density at radius 3 is 1.80 bits per heavy atom. The summed E-state index contributed by atoms with van der Waals surface area (Å²) in [7, 11) is 0. The number of aliphatic hydroxyl groups excluding tert-OH is 1. The molecule has 0 amide bonds. The summed E-state index contributed by atoms with van der Waals surface area (Å²) in [6.45, 7) is -0.0256. The van der Waals surface area contributed by atoms with Crippen molar-refractivity contribution in [2.24, 2.45) is 4.99 Å². The number of allylic oxidation sites excluding steroid dienone is 1. The van der Waals surface area contributed by atoms with E-state index in [1.807, 2.05) is 91.0 Å². The number of para-hydroxylation sites is 2. The molecule has 0 spiro atoms. The van der Waals surface area contributed by atoms with Crippen molar-refractivity contribution in [2.75, 3.05) is 11.9 Å². The van der Waals surface area contributed by atoms with Gasteiger partial charge in [-0.1, -0.05) is 103 Å². The Hall–Kier alpha value is -4.28. The van der Waals surface area contributed by atoms with Crippen molar-refractivity contribution >= 4 is 17.6 Å². The van der Waals surface area contributed by atoms with E-state index in [2.05, 4.69) is 10.3 Å². The molecule has 44 heavy (non-hydrogen) atoms. The molecule has 2 N–H and O–H groups in total. The smallest absolute Gasteiger partial charge is 0.388 e. The number of aliphatic hydroxyl groups is 1. The van der Waals surface area contributed by atoms with Crippen LogP contribution in [-0.2, 0) is 34.0 Å². The third-order valence-electron chi connectivity index (χ3n) is 7.02. The topological polar surface area (TPSA) is 72.3 Å². The molecule has 0 saturated heterocycles. The van der Waals surface area contributed by atoms with Gasteiger partial charge in [0, 0.05) is 11.8 Å². The Kier molecular flexibility index (Phi) is 10.6. The fourth-order valence-electron chi connectivity index (χ4n) is 4.81. The number of rotatable bonds is 13. The lowest BCUT2D eigenvalue weighted by Crippen LogP contribution is -2.46. The molecule has 5 rings (SSSR count). The van der Waals surface area contributed by atoms with Crippen LogP contribution in [-0.4, -0.2) is 42.4 Å². The van der Waals surface area contributed by atoms with Gasteiger partial charge >= 0.3 is 6.18 Å². The van der Waals surface area contributed by atoms with Crippen LogP contribution >= 0.6 is 0 Å². The lowest BCUT2D eigenvalue weighted by atomic mass is 9.98. The van der Waals surface area contributed by atoms with E-state index in [4.69, 9.17) is 14.2 Å². The number of nitrogens with zero attached hydrogens (tertiary/aromatic N) is 1. The molecule has 0 bridgehead atoms. The molecule has 1 aliphatic rings. The van der Waals surface area contributed by atoms with Crippen LogP contribution in [0.4, 0.5) is 24.5 Å². The number of benzene rings is 4. The van der Waals surface area contributed by atoms with Crippen molar-refractivity contribution in [2.45, 2.75) is 44.3 Å². The van der Waals surface area contributed by atoms with Gasteiger partial charge in [-0.25, -0.2) is 0 Å². The summed E-state index contributed by atoms with van der Waals surface area (Å²) < 4.78 is 62.5. The van der Waals surface area contributed by atoms with E-state index in [0.717, 1.165) is 22.9 Å². The van der Waals surface area contributed by atoms with Crippen molar-refractivity contribution in [3.05, 3.63) is 143 Å². The minimum absolute atomic E-state index is 0.0197. The monoisotopic (exact) mass is 602 g/mol. The zero-order chi connectivity index (χ0) is 30.8. The van der Waals surface area contributed by atoms with E-state index in [0.29, 0.717) is 5.69 Å². The summed E-state index contributed by atoms with van der Waals surface area (Å²) >= 11 is 0. The summed E-state index contributed by atoms with van der Waals surface area (Å²) in [4.78, 5) is 4.38. The molecule has 9 heteroatoms. The molecule has 1 heterocycles. The van der Waals surface area contributed by atoms with Crippen LogP contribution in [0.25, 0.3) is 0 Å². The van der Waals surface area contributed by atoms with Crippen LogP contribution in [0.15, 0.2) is 132 Å². The molecule has 0 unspecified atom stereocenters. The normalized spacial score (nSPS) is 15.2. The fraction of sp³-hybridized carbons (Fsp3) is 0.229. The predicted octanol–water partition coefficient (Wildman–Crippen LogP) is 7.38. The highest BCUT2D eigenvalue weighted by Crippen LogP contribution is 2.38. The van der Waals surface area contributed by atoms with Crippen LogP contribution in [0.3, 0.4) is 0 Å². The van der Waals surface area contributed by atoms with Crippen molar-refractivity contribution in [1.82, 2.24) is 0 Å². The summed E-state index contributed by atoms with van der Waals surface area (Å²) in [5, 5.41) is 14.0. The van der Waals surface area contributed by atoms with E-state index >= 15 is 0 Å². The summed E-state index contributed by atoms with van der Waals surface area (Å²) in [6.07, 6.45) is -7.67. The molecule has 3 atom stereocenters. The van der Waals surface area contributed by atoms with Crippen LogP contribution in [0.5, 0.6) is 0 Å². The van der Waals surface area contributed by atoms with Crippen molar-refractivity contribution < 1.29 is 32.5 Å². The van der Waals surface area contributed by atoms with Crippen LogP contribution in [0.1, 0.15) is 16.7 Å². The molecule has 4 aromatic rings. The first-order chi connectivity index (χ1) is 21.4. The summed E-state index contributed by atoms with van der Waals surface area (Å²) in [5.41, 5.74) is 1.59. The number of anilines is 1. The van der Waals surface area contributed by atoms with Gasteiger partial charge in [-0.3, -0.25) is 4.99 Å². The second-order valence-electron chi connectivity index (χ2n) is 10.3. The third kappa shape index (κ3) is 8.42. The summed E-state index contributed by atoms with van der Waals surface area (Å²) in [6, 6.07) is 34.1. The van der Waals surface area contributed by atoms with Gasteiger partial charge in [-0.2, -0.15) is 13.2 Å². The molecule has 0 radical (unpaired) electrons. The van der Waals surface area contributed by atoms with E-state index < -0.39 is 30.2 Å². The van der Waals surface area contributed by atoms with Gasteiger partial charge in [0.2, 0.25) is 0 Å². The largest absolute Gasteiger partial charge is 0.431 e. The SMILES string of the molecule is O[C@H](COCc1ccccc1)[C@H](OCc1ccccc1)[C@H](OCc1ccccc1)C1=C(C(F)(F)F)Nc2ccccc2N=C1. The Labute approximate surface area is 254 Å². The standard InChI is InChI=1S/C35H33F3N2O4/c36-35(37,38)34-28(20-39-29-18-10-11-19-30(29)40-34)32(43-22-26-14-6-2-7-15-26)33(44-23-27-16-8-3-9-17-27)31(41)24-42-21-25-12-4-1-5-13-25/h1-20,31-33,40-41H,21-24H2/t31-,32-,33+/m1/s1. The molecule has 4 aromatic carbocycles. The number of hydrogen-bond acceptors (Lipinski definition) is 6. The number of nitrogens with one attached hydrogen (secondary N) is 1. The number of halogens is 3. The molecule has 6 nitrogen and oxygen atoms in total. The van der Waals surface area contributed by atoms with Crippen LogP contribution < -0.4 is 5.32 Å². The Morgan fingerprint density at radius 1 is 0.682 bits per heavy atom. The third-order valence-corrected chi connectivity index (χ3v) is 7.02. The minimum Gasteiger partial charge on any atom is -0.388 e. The Bertz CT molecular complexity index is 1530. The molecular formula is C35H33F3N2O4.